The maximum absolute atomic E-state index is 12.3. The number of benzene rings is 2. The van der Waals surface area contributed by atoms with E-state index in [1.807, 2.05) is 0 Å². The zero-order valence-corrected chi connectivity index (χ0v) is 13.7. The summed E-state index contributed by atoms with van der Waals surface area (Å²) in [4.78, 5) is 11.1. The number of halogens is 1. The van der Waals surface area contributed by atoms with Gasteiger partial charge in [-0.2, -0.15) is 0 Å². The highest BCUT2D eigenvalue weighted by atomic mass is 35.5. The second-order valence-corrected chi connectivity index (χ2v) is 6.57. The summed E-state index contributed by atoms with van der Waals surface area (Å²) in [6, 6.07) is 12.0. The molecular formula is C15H14ClNO5S. The Labute approximate surface area is 139 Å². The number of methoxy groups -OCH3 is 1. The quantitative estimate of drug-likeness (QED) is 0.806. The molecule has 0 saturated heterocycles. The predicted octanol–water partition coefficient (Wildman–Crippen LogP) is 2.69. The van der Waals surface area contributed by atoms with Gasteiger partial charge in [-0.25, -0.2) is 13.2 Å². The molecule has 1 N–H and O–H groups in total. The highest BCUT2D eigenvalue weighted by Crippen LogP contribution is 2.21. The Kier molecular flexibility index (Phi) is 5.46. The molecule has 0 heterocycles. The van der Waals surface area contributed by atoms with Gasteiger partial charge >= 0.3 is 5.97 Å². The molecule has 0 saturated carbocycles. The lowest BCUT2D eigenvalue weighted by Gasteiger charge is -2.10. The van der Waals surface area contributed by atoms with Gasteiger partial charge in [0.25, 0.3) is 10.0 Å². The molecule has 8 heteroatoms. The average Bonchev–Trinajstić information content (AvgIpc) is 2.53. The second kappa shape index (κ2) is 7.34. The van der Waals surface area contributed by atoms with Crippen molar-refractivity contribution >= 4 is 33.3 Å². The summed E-state index contributed by atoms with van der Waals surface area (Å²) in [5.41, 5.74) is 0.308. The summed E-state index contributed by atoms with van der Waals surface area (Å²) in [6.07, 6.45) is 0. The van der Waals surface area contributed by atoms with E-state index in [-0.39, 0.29) is 11.5 Å². The number of carbonyl (C=O) groups is 1. The van der Waals surface area contributed by atoms with Crippen LogP contribution < -0.4 is 9.46 Å². The normalized spacial score (nSPS) is 10.9. The van der Waals surface area contributed by atoms with E-state index < -0.39 is 16.0 Å². The first-order valence-corrected chi connectivity index (χ1v) is 8.35. The Morgan fingerprint density at radius 3 is 2.52 bits per heavy atom. The average molecular weight is 356 g/mol. The molecule has 0 aliphatic carbocycles. The minimum Gasteiger partial charge on any atom is -0.482 e. The molecule has 0 unspecified atom stereocenters. The SMILES string of the molecule is COC(=O)COc1cccc(NS(=O)(=O)c2ccc(Cl)cc2)c1. The molecule has 0 spiro atoms. The number of nitrogens with one attached hydrogen (secondary N) is 1. The van der Waals surface area contributed by atoms with Crippen molar-refractivity contribution < 1.29 is 22.7 Å². The minimum atomic E-state index is -3.74. The van der Waals surface area contributed by atoms with Crippen LogP contribution in [0.5, 0.6) is 5.75 Å². The van der Waals surface area contributed by atoms with Gasteiger partial charge in [0.05, 0.1) is 17.7 Å². The van der Waals surface area contributed by atoms with E-state index in [0.717, 1.165) is 0 Å². The van der Waals surface area contributed by atoms with E-state index >= 15 is 0 Å². The largest absolute Gasteiger partial charge is 0.482 e. The van der Waals surface area contributed by atoms with E-state index in [0.29, 0.717) is 16.5 Å². The molecule has 0 radical (unpaired) electrons. The van der Waals surface area contributed by atoms with Crippen LogP contribution >= 0.6 is 11.6 Å². The first-order chi connectivity index (χ1) is 10.9. The van der Waals surface area contributed by atoms with Crippen LogP contribution in [0.3, 0.4) is 0 Å². The topological polar surface area (TPSA) is 81.7 Å². The maximum Gasteiger partial charge on any atom is 0.343 e. The summed E-state index contributed by atoms with van der Waals surface area (Å²) >= 11 is 5.75. The van der Waals surface area contributed by atoms with Crippen LogP contribution in [0.2, 0.25) is 5.02 Å². The number of ether oxygens (including phenoxy) is 2. The van der Waals surface area contributed by atoms with E-state index in [2.05, 4.69) is 9.46 Å². The van der Waals surface area contributed by atoms with E-state index in [1.54, 1.807) is 18.2 Å². The summed E-state index contributed by atoms with van der Waals surface area (Å²) in [6.45, 7) is -0.260. The van der Waals surface area contributed by atoms with Gasteiger partial charge in [-0.05, 0) is 36.4 Å². The van der Waals surface area contributed by atoms with Crippen molar-refractivity contribution in [2.24, 2.45) is 0 Å². The third-order valence-corrected chi connectivity index (χ3v) is 4.44. The van der Waals surface area contributed by atoms with Gasteiger partial charge in [0.2, 0.25) is 0 Å². The van der Waals surface area contributed by atoms with Gasteiger partial charge in [-0.1, -0.05) is 17.7 Å². The molecule has 6 nitrogen and oxygen atoms in total. The van der Waals surface area contributed by atoms with Crippen molar-refractivity contribution in [3.05, 3.63) is 53.6 Å². The van der Waals surface area contributed by atoms with Crippen molar-refractivity contribution in [2.75, 3.05) is 18.4 Å². The summed E-state index contributed by atoms with van der Waals surface area (Å²) in [7, 11) is -2.49. The molecule has 0 bridgehead atoms. The van der Waals surface area contributed by atoms with E-state index in [1.165, 1.54) is 37.4 Å². The van der Waals surface area contributed by atoms with Crippen LogP contribution in [0.15, 0.2) is 53.4 Å². The minimum absolute atomic E-state index is 0.0859. The standard InChI is InChI=1S/C15H14ClNO5S/c1-21-15(18)10-22-13-4-2-3-12(9-13)17-23(19,20)14-7-5-11(16)6-8-14/h2-9,17H,10H2,1H3. The zero-order chi connectivity index (χ0) is 16.9. The van der Waals surface area contributed by atoms with Crippen molar-refractivity contribution in [3.8, 4) is 5.75 Å². The molecule has 2 aromatic rings. The number of hydrogen-bond acceptors (Lipinski definition) is 5. The number of hydrogen-bond donors (Lipinski definition) is 1. The molecule has 0 aliphatic rings. The first kappa shape index (κ1) is 17.1. The third-order valence-electron chi connectivity index (χ3n) is 2.79. The maximum atomic E-state index is 12.3. The van der Waals surface area contributed by atoms with Crippen LogP contribution in [-0.4, -0.2) is 28.1 Å². The lowest BCUT2D eigenvalue weighted by molar-refractivity contribution is -0.142. The van der Waals surface area contributed by atoms with Gasteiger partial charge in [0, 0.05) is 11.1 Å². The monoisotopic (exact) mass is 355 g/mol. The molecular weight excluding hydrogens is 342 g/mol. The van der Waals surface area contributed by atoms with Crippen molar-refractivity contribution in [2.45, 2.75) is 4.90 Å². The van der Waals surface area contributed by atoms with Crippen molar-refractivity contribution in [3.63, 3.8) is 0 Å². The Morgan fingerprint density at radius 1 is 1.17 bits per heavy atom. The summed E-state index contributed by atoms with van der Waals surface area (Å²) in [5, 5.41) is 0.446. The van der Waals surface area contributed by atoms with Crippen LogP contribution in [-0.2, 0) is 19.6 Å². The van der Waals surface area contributed by atoms with Crippen molar-refractivity contribution in [1.82, 2.24) is 0 Å². The Morgan fingerprint density at radius 2 is 1.87 bits per heavy atom. The lowest BCUT2D eigenvalue weighted by atomic mass is 10.3. The molecule has 0 aromatic heterocycles. The van der Waals surface area contributed by atoms with Gasteiger partial charge in [0.1, 0.15) is 5.75 Å². The number of rotatable bonds is 6. The van der Waals surface area contributed by atoms with E-state index in [4.69, 9.17) is 16.3 Å². The fraction of sp³-hybridized carbons (Fsp3) is 0.133. The second-order valence-electron chi connectivity index (χ2n) is 4.45. The van der Waals surface area contributed by atoms with Gasteiger partial charge in [-0.15, -0.1) is 0 Å². The Hall–Kier alpha value is -2.25. The Balaban J connectivity index is 2.13. The molecule has 23 heavy (non-hydrogen) atoms. The zero-order valence-electron chi connectivity index (χ0n) is 12.2. The fourth-order valence-electron chi connectivity index (χ4n) is 1.68. The van der Waals surface area contributed by atoms with E-state index in [9.17, 15) is 13.2 Å². The van der Waals surface area contributed by atoms with Crippen LogP contribution in [0, 0.1) is 0 Å². The van der Waals surface area contributed by atoms with Gasteiger partial charge in [0.15, 0.2) is 6.61 Å². The van der Waals surface area contributed by atoms with Crippen LogP contribution in [0.25, 0.3) is 0 Å². The highest BCUT2D eigenvalue weighted by molar-refractivity contribution is 7.92. The number of carbonyl (C=O) groups excluding carboxylic acids is 1. The summed E-state index contributed by atoms with van der Waals surface area (Å²) < 4.78 is 36.6. The number of anilines is 1. The van der Waals surface area contributed by atoms with Gasteiger partial charge in [-0.3, -0.25) is 4.72 Å². The smallest absolute Gasteiger partial charge is 0.343 e. The van der Waals surface area contributed by atoms with Crippen molar-refractivity contribution in [1.29, 1.82) is 0 Å². The Bertz CT molecular complexity index is 790. The van der Waals surface area contributed by atoms with Crippen LogP contribution in [0.1, 0.15) is 0 Å². The summed E-state index contributed by atoms with van der Waals surface area (Å²) in [5.74, 6) is -0.191. The van der Waals surface area contributed by atoms with Gasteiger partial charge < -0.3 is 9.47 Å². The van der Waals surface area contributed by atoms with Crippen LogP contribution in [0.4, 0.5) is 5.69 Å². The molecule has 0 amide bonds. The number of sulfonamides is 1. The molecule has 122 valence electrons. The fourth-order valence-corrected chi connectivity index (χ4v) is 2.85. The lowest BCUT2D eigenvalue weighted by Crippen LogP contribution is -2.14. The molecule has 0 aliphatic heterocycles. The molecule has 0 fully saturated rings. The predicted molar refractivity (Wildman–Crippen MR) is 86.2 cm³/mol. The highest BCUT2D eigenvalue weighted by Gasteiger charge is 2.14. The molecule has 0 atom stereocenters. The molecule has 2 rings (SSSR count). The first-order valence-electron chi connectivity index (χ1n) is 6.49. The third kappa shape index (κ3) is 4.87. The molecule has 2 aromatic carbocycles. The number of esters is 1.